The first kappa shape index (κ1) is 23.8. The molecule has 0 bridgehead atoms. The first-order valence-corrected chi connectivity index (χ1v) is 15.7. The van der Waals surface area contributed by atoms with Crippen LogP contribution in [0.15, 0.2) is 97.1 Å². The fourth-order valence-corrected chi connectivity index (χ4v) is 10.8. The molecule has 0 unspecified atom stereocenters. The Morgan fingerprint density at radius 2 is 0.829 bits per heavy atom. The van der Waals surface area contributed by atoms with Crippen LogP contribution in [0.3, 0.4) is 0 Å². The molecule has 5 rings (SSSR count). The summed E-state index contributed by atoms with van der Waals surface area (Å²) in [5.74, 6) is -1.13. The van der Waals surface area contributed by atoms with Crippen molar-refractivity contribution in [3.05, 3.63) is 130 Å². The van der Waals surface area contributed by atoms with E-state index in [4.69, 9.17) is 0 Å². The van der Waals surface area contributed by atoms with Crippen LogP contribution in [-0.2, 0) is 0 Å². The Hall–Kier alpha value is -2.89. The molecular formula is C33H36BP. The number of hydrogen-bond donors (Lipinski definition) is 0. The quantitative estimate of drug-likeness (QED) is 0.213. The van der Waals surface area contributed by atoms with E-state index in [0.717, 1.165) is 6.16 Å². The molecule has 1 heterocycles. The molecule has 0 fully saturated rings. The van der Waals surface area contributed by atoms with E-state index in [1.807, 2.05) is 0 Å². The first-order chi connectivity index (χ1) is 16.7. The molecule has 1 aliphatic heterocycles. The summed E-state index contributed by atoms with van der Waals surface area (Å²) < 4.78 is 0. The summed E-state index contributed by atoms with van der Waals surface area (Å²) in [5.41, 5.74) is 14.1. The van der Waals surface area contributed by atoms with Crippen LogP contribution in [0.1, 0.15) is 33.4 Å². The zero-order chi connectivity index (χ0) is 24.8. The minimum Gasteiger partial charge on any atom is -0.157 e. The van der Waals surface area contributed by atoms with Gasteiger partial charge in [0.05, 0.1) is 0 Å². The van der Waals surface area contributed by atoms with Gasteiger partial charge in [0.25, 0.3) is 0 Å². The summed E-state index contributed by atoms with van der Waals surface area (Å²) in [5, 5.41) is 0. The average molecular weight is 474 g/mol. The van der Waals surface area contributed by atoms with Crippen molar-refractivity contribution in [1.29, 1.82) is 0 Å². The van der Waals surface area contributed by atoms with E-state index in [1.54, 1.807) is 5.47 Å². The van der Waals surface area contributed by atoms with Gasteiger partial charge in [0.15, 0.2) is 0 Å². The lowest BCUT2D eigenvalue weighted by Crippen LogP contribution is -2.59. The van der Waals surface area contributed by atoms with Crippen molar-refractivity contribution in [3.8, 4) is 0 Å². The number of benzene rings is 4. The van der Waals surface area contributed by atoms with E-state index in [9.17, 15) is 0 Å². The van der Waals surface area contributed by atoms with E-state index >= 15 is 0 Å². The van der Waals surface area contributed by atoms with Gasteiger partial charge >= 0.3 is 0 Å². The van der Waals surface area contributed by atoms with Crippen molar-refractivity contribution in [2.75, 3.05) is 19.5 Å². The zero-order valence-corrected chi connectivity index (χ0v) is 22.9. The Labute approximate surface area is 212 Å². The topological polar surface area (TPSA) is 0 Å². The number of aryl methyl sites for hydroxylation is 4. The van der Waals surface area contributed by atoms with E-state index in [0.29, 0.717) is 0 Å². The van der Waals surface area contributed by atoms with Gasteiger partial charge in [-0.2, -0.15) is 10.9 Å². The smallest absolute Gasteiger partial charge is 0.157 e. The second kappa shape index (κ2) is 8.96. The fourth-order valence-electron chi connectivity index (χ4n) is 6.40. The normalized spacial score (nSPS) is 16.5. The second-order valence-electron chi connectivity index (χ2n) is 11.2. The highest BCUT2D eigenvalue weighted by molar-refractivity contribution is 8.14. The van der Waals surface area contributed by atoms with Crippen molar-refractivity contribution in [2.45, 2.75) is 27.7 Å². The maximum absolute atomic E-state index is 2.60. The molecule has 0 saturated carbocycles. The Kier molecular flexibility index (Phi) is 6.10. The molecule has 0 N–H and O–H groups in total. The molecular weight excluding hydrogens is 438 g/mol. The third-order valence-corrected chi connectivity index (χ3v) is 12.3. The van der Waals surface area contributed by atoms with Gasteiger partial charge in [-0.25, -0.2) is 0 Å². The van der Waals surface area contributed by atoms with Crippen LogP contribution in [0.2, 0.25) is 0 Å². The predicted octanol–water partition coefficient (Wildman–Crippen LogP) is 7.42. The molecule has 0 aromatic heterocycles. The number of allylic oxidation sites excluding steroid dienone is 1. The van der Waals surface area contributed by atoms with Crippen molar-refractivity contribution < 1.29 is 0 Å². The van der Waals surface area contributed by atoms with Gasteiger partial charge < -0.3 is 0 Å². The van der Waals surface area contributed by atoms with Crippen molar-refractivity contribution in [1.82, 2.24) is 0 Å². The van der Waals surface area contributed by atoms with E-state index in [-0.39, 0.29) is 0 Å². The molecule has 0 aliphatic carbocycles. The van der Waals surface area contributed by atoms with Crippen LogP contribution in [0.5, 0.6) is 0 Å². The van der Waals surface area contributed by atoms with Crippen LogP contribution in [0.25, 0.3) is 11.0 Å². The summed E-state index contributed by atoms with van der Waals surface area (Å²) in [6.07, 6.45) is 1.15. The lowest BCUT2D eigenvalue weighted by atomic mass is 9.32. The molecule has 0 spiro atoms. The number of hydrogen-bond acceptors (Lipinski definition) is 0. The van der Waals surface area contributed by atoms with Gasteiger partial charge in [-0.15, -0.1) is 12.6 Å². The third kappa shape index (κ3) is 4.01. The summed E-state index contributed by atoms with van der Waals surface area (Å²) in [6, 6.07) is 37.4. The molecule has 0 radical (unpaired) electrons. The standard InChI is InChI=1S/C33H36BP/c1-24-7-15-28(16-8-24)32-23-35(5,6)34(30-19-11-26(3)12-20-30,31-21-13-27(4)14-22-31)33(32)29-17-9-25(2)10-18-29/h7-22H,23H2,1-6H3. The SMILES string of the molecule is Cc1ccc(C2=C(c3ccc(C)cc3)[B-](c3ccc(C)cc3)(c3ccc(C)cc3)[P+](C)(C)C2)cc1. The third-order valence-electron chi connectivity index (χ3n) is 8.24. The molecule has 1 aliphatic rings. The van der Waals surface area contributed by atoms with E-state index in [1.165, 1.54) is 49.9 Å². The van der Waals surface area contributed by atoms with Crippen molar-refractivity contribution >= 4 is 35.0 Å². The highest BCUT2D eigenvalue weighted by Gasteiger charge is 2.57. The lowest BCUT2D eigenvalue weighted by molar-refractivity contribution is 1.44. The first-order valence-electron chi connectivity index (χ1n) is 12.7. The summed E-state index contributed by atoms with van der Waals surface area (Å²) in [6.45, 7) is 13.9. The zero-order valence-electron chi connectivity index (χ0n) is 22.0. The molecule has 4 aromatic rings. The number of rotatable bonds is 4. The second-order valence-corrected chi connectivity index (χ2v) is 15.9. The molecule has 176 valence electrons. The van der Waals surface area contributed by atoms with Crippen LogP contribution < -0.4 is 10.9 Å². The summed E-state index contributed by atoms with van der Waals surface area (Å²) in [4.78, 5) is 0. The van der Waals surface area contributed by atoms with Crippen molar-refractivity contribution in [3.63, 3.8) is 0 Å². The van der Waals surface area contributed by atoms with Crippen LogP contribution in [0.4, 0.5) is 0 Å². The molecule has 0 amide bonds. The Balaban J connectivity index is 1.93. The molecule has 0 atom stereocenters. The Morgan fingerprint density at radius 1 is 0.486 bits per heavy atom. The van der Waals surface area contributed by atoms with E-state index < -0.39 is 13.0 Å². The Morgan fingerprint density at radius 3 is 1.23 bits per heavy atom. The van der Waals surface area contributed by atoms with Crippen molar-refractivity contribution in [2.24, 2.45) is 0 Å². The summed E-state index contributed by atoms with van der Waals surface area (Å²) >= 11 is 0. The molecule has 0 saturated heterocycles. The lowest BCUT2D eigenvalue weighted by Gasteiger charge is -2.46. The fraction of sp³-hybridized carbons (Fsp3) is 0.212. The van der Waals surface area contributed by atoms with Gasteiger partial charge in [-0.3, -0.25) is 0 Å². The van der Waals surface area contributed by atoms with Gasteiger partial charge in [0, 0.05) is 19.5 Å². The van der Waals surface area contributed by atoms with Gasteiger partial charge in [0.1, 0.15) is 0 Å². The molecule has 4 aromatic carbocycles. The Bertz CT molecular complexity index is 1330. The van der Waals surface area contributed by atoms with Crippen LogP contribution in [0, 0.1) is 27.7 Å². The molecule has 35 heavy (non-hydrogen) atoms. The largest absolute Gasteiger partial charge is 0.247 e. The average Bonchev–Trinajstić information content (AvgIpc) is 3.09. The van der Waals surface area contributed by atoms with Gasteiger partial charge in [0.2, 0.25) is 5.87 Å². The maximum atomic E-state index is 2.60. The highest BCUT2D eigenvalue weighted by Crippen LogP contribution is 2.71. The minimum absolute atomic E-state index is 1.13. The summed E-state index contributed by atoms with van der Waals surface area (Å²) in [7, 11) is -1.49. The minimum atomic E-state index is -1.49. The highest BCUT2D eigenvalue weighted by atomic mass is 31.2. The van der Waals surface area contributed by atoms with Gasteiger partial charge in [-0.05, 0) is 38.8 Å². The van der Waals surface area contributed by atoms with Crippen LogP contribution >= 0.6 is 7.14 Å². The molecule has 0 nitrogen and oxygen atoms in total. The van der Waals surface area contributed by atoms with Gasteiger partial charge in [-0.1, -0.05) is 125 Å². The maximum Gasteiger partial charge on any atom is 0.247 e. The van der Waals surface area contributed by atoms with Crippen LogP contribution in [-0.4, -0.2) is 25.4 Å². The predicted molar refractivity (Wildman–Crippen MR) is 160 cm³/mol. The van der Waals surface area contributed by atoms with E-state index in [2.05, 4.69) is 138 Å². The monoisotopic (exact) mass is 474 g/mol. The molecule has 2 heteroatoms.